The molecule has 2 heterocycles. The number of hydrogen-bond acceptors (Lipinski definition) is 3. The fourth-order valence-electron chi connectivity index (χ4n) is 2.54. The van der Waals surface area contributed by atoms with Gasteiger partial charge in [0.05, 0.1) is 5.92 Å². The van der Waals surface area contributed by atoms with Gasteiger partial charge in [0.2, 0.25) is 11.8 Å². The molecular formula is C14H26ClN3O2. The number of likely N-dealkylation sites (tertiary alicyclic amines) is 1. The van der Waals surface area contributed by atoms with E-state index in [1.807, 2.05) is 4.90 Å². The fourth-order valence-corrected chi connectivity index (χ4v) is 2.54. The monoisotopic (exact) mass is 303 g/mol. The highest BCUT2D eigenvalue weighted by Gasteiger charge is 2.29. The molecule has 0 aliphatic carbocycles. The number of nitrogens with one attached hydrogen (secondary N) is 2. The van der Waals surface area contributed by atoms with E-state index < -0.39 is 0 Å². The Kier molecular flexibility index (Phi) is 6.76. The Labute approximate surface area is 127 Å². The molecule has 116 valence electrons. The van der Waals surface area contributed by atoms with Crippen LogP contribution in [0.15, 0.2) is 0 Å². The van der Waals surface area contributed by atoms with E-state index in [1.165, 1.54) is 0 Å². The maximum absolute atomic E-state index is 11.9. The molecule has 0 aromatic carbocycles. The van der Waals surface area contributed by atoms with Crippen LogP contribution in [0.1, 0.15) is 33.1 Å². The molecule has 0 radical (unpaired) electrons. The van der Waals surface area contributed by atoms with Crippen LogP contribution in [0.2, 0.25) is 0 Å². The van der Waals surface area contributed by atoms with E-state index in [0.29, 0.717) is 12.3 Å². The minimum absolute atomic E-state index is 0. The van der Waals surface area contributed by atoms with Gasteiger partial charge in [-0.2, -0.15) is 0 Å². The predicted molar refractivity (Wildman–Crippen MR) is 80.8 cm³/mol. The SMILES string of the molecule is CC(C)CC(=O)N1CCC(NC(=O)C2CNC2)CC1.Cl. The van der Waals surface area contributed by atoms with Gasteiger partial charge in [0, 0.05) is 38.6 Å². The summed E-state index contributed by atoms with van der Waals surface area (Å²) in [6, 6.07) is 0.246. The minimum atomic E-state index is 0. The fraction of sp³-hybridized carbons (Fsp3) is 0.857. The van der Waals surface area contributed by atoms with Crippen LogP contribution in [0, 0.1) is 11.8 Å². The lowest BCUT2D eigenvalue weighted by atomic mass is 9.99. The minimum Gasteiger partial charge on any atom is -0.353 e. The Hall–Kier alpha value is -0.810. The summed E-state index contributed by atoms with van der Waals surface area (Å²) >= 11 is 0. The van der Waals surface area contributed by atoms with E-state index in [0.717, 1.165) is 39.0 Å². The molecule has 0 atom stereocenters. The van der Waals surface area contributed by atoms with E-state index >= 15 is 0 Å². The average molecular weight is 304 g/mol. The molecule has 2 fully saturated rings. The van der Waals surface area contributed by atoms with Crippen molar-refractivity contribution in [1.82, 2.24) is 15.5 Å². The van der Waals surface area contributed by atoms with Gasteiger partial charge in [0.1, 0.15) is 0 Å². The second kappa shape index (κ2) is 7.84. The van der Waals surface area contributed by atoms with Crippen molar-refractivity contribution in [2.24, 2.45) is 11.8 Å². The summed E-state index contributed by atoms with van der Waals surface area (Å²) < 4.78 is 0. The largest absolute Gasteiger partial charge is 0.353 e. The van der Waals surface area contributed by atoms with Gasteiger partial charge >= 0.3 is 0 Å². The summed E-state index contributed by atoms with van der Waals surface area (Å²) in [6.45, 7) is 7.29. The second-order valence-electron chi connectivity index (χ2n) is 6.12. The molecule has 2 rings (SSSR count). The maximum atomic E-state index is 11.9. The van der Waals surface area contributed by atoms with Crippen molar-refractivity contribution in [2.75, 3.05) is 26.2 Å². The Morgan fingerprint density at radius 2 is 1.85 bits per heavy atom. The molecule has 6 heteroatoms. The van der Waals surface area contributed by atoms with E-state index in [4.69, 9.17) is 0 Å². The van der Waals surface area contributed by atoms with Crippen LogP contribution in [0.4, 0.5) is 0 Å². The van der Waals surface area contributed by atoms with Crippen LogP contribution in [0.5, 0.6) is 0 Å². The first-order valence-corrected chi connectivity index (χ1v) is 7.35. The molecule has 0 saturated carbocycles. The number of hydrogen-bond donors (Lipinski definition) is 2. The van der Waals surface area contributed by atoms with Crippen LogP contribution >= 0.6 is 12.4 Å². The summed E-state index contributed by atoms with van der Waals surface area (Å²) in [4.78, 5) is 25.7. The third-order valence-corrected chi connectivity index (χ3v) is 3.93. The molecule has 2 aliphatic rings. The number of rotatable bonds is 4. The van der Waals surface area contributed by atoms with Crippen molar-refractivity contribution in [2.45, 2.75) is 39.2 Å². The van der Waals surface area contributed by atoms with Crippen molar-refractivity contribution in [3.8, 4) is 0 Å². The van der Waals surface area contributed by atoms with Crippen molar-refractivity contribution < 1.29 is 9.59 Å². The Morgan fingerprint density at radius 3 is 2.30 bits per heavy atom. The van der Waals surface area contributed by atoms with Crippen molar-refractivity contribution in [1.29, 1.82) is 0 Å². The molecule has 0 spiro atoms. The predicted octanol–water partition coefficient (Wildman–Crippen LogP) is 0.781. The maximum Gasteiger partial charge on any atom is 0.225 e. The summed E-state index contributed by atoms with van der Waals surface area (Å²) in [6.07, 6.45) is 2.40. The molecule has 20 heavy (non-hydrogen) atoms. The van der Waals surface area contributed by atoms with E-state index in [9.17, 15) is 9.59 Å². The molecular weight excluding hydrogens is 278 g/mol. The van der Waals surface area contributed by atoms with E-state index in [2.05, 4.69) is 24.5 Å². The summed E-state index contributed by atoms with van der Waals surface area (Å²) in [5.41, 5.74) is 0. The second-order valence-corrected chi connectivity index (χ2v) is 6.12. The zero-order valence-electron chi connectivity index (χ0n) is 12.4. The molecule has 2 N–H and O–H groups in total. The number of halogens is 1. The Bertz CT molecular complexity index is 337. The van der Waals surface area contributed by atoms with Gasteiger partial charge in [-0.15, -0.1) is 12.4 Å². The standard InChI is InChI=1S/C14H25N3O2.ClH/c1-10(2)7-13(18)17-5-3-12(4-6-17)16-14(19)11-8-15-9-11;/h10-12,15H,3-9H2,1-2H3,(H,16,19);1H. The molecule has 2 aliphatic heterocycles. The summed E-state index contributed by atoms with van der Waals surface area (Å²) in [5.74, 6) is 0.991. The number of carbonyl (C=O) groups excluding carboxylic acids is 2. The van der Waals surface area contributed by atoms with E-state index in [-0.39, 0.29) is 36.2 Å². The third kappa shape index (κ3) is 4.63. The summed E-state index contributed by atoms with van der Waals surface area (Å²) in [7, 11) is 0. The Morgan fingerprint density at radius 1 is 1.25 bits per heavy atom. The number of piperidine rings is 1. The molecule has 2 amide bonds. The normalized spacial score (nSPS) is 20.2. The highest BCUT2D eigenvalue weighted by molar-refractivity contribution is 5.85. The van der Waals surface area contributed by atoms with Gasteiger partial charge in [-0.1, -0.05) is 13.8 Å². The zero-order chi connectivity index (χ0) is 13.8. The topological polar surface area (TPSA) is 61.4 Å². The van der Waals surface area contributed by atoms with Crippen LogP contribution in [0.25, 0.3) is 0 Å². The molecule has 2 saturated heterocycles. The van der Waals surface area contributed by atoms with Crippen molar-refractivity contribution >= 4 is 24.2 Å². The number of carbonyl (C=O) groups is 2. The average Bonchev–Trinajstić information content (AvgIpc) is 2.26. The molecule has 5 nitrogen and oxygen atoms in total. The van der Waals surface area contributed by atoms with Gasteiger partial charge < -0.3 is 15.5 Å². The first-order chi connectivity index (χ1) is 9.06. The van der Waals surface area contributed by atoms with Crippen LogP contribution in [0.3, 0.4) is 0 Å². The van der Waals surface area contributed by atoms with Gasteiger partial charge in [-0.25, -0.2) is 0 Å². The first-order valence-electron chi connectivity index (χ1n) is 7.35. The highest BCUT2D eigenvalue weighted by atomic mass is 35.5. The summed E-state index contributed by atoms with van der Waals surface area (Å²) in [5, 5.41) is 6.21. The molecule has 0 bridgehead atoms. The lowest BCUT2D eigenvalue weighted by molar-refractivity contribution is -0.133. The first kappa shape index (κ1) is 17.2. The molecule has 0 aromatic rings. The van der Waals surface area contributed by atoms with Gasteiger partial charge in [0.25, 0.3) is 0 Å². The smallest absolute Gasteiger partial charge is 0.225 e. The van der Waals surface area contributed by atoms with Crippen molar-refractivity contribution in [3.63, 3.8) is 0 Å². The van der Waals surface area contributed by atoms with Crippen LogP contribution in [-0.4, -0.2) is 48.9 Å². The lowest BCUT2D eigenvalue weighted by Crippen LogP contribution is -2.54. The lowest BCUT2D eigenvalue weighted by Gasteiger charge is -2.34. The zero-order valence-corrected chi connectivity index (χ0v) is 13.2. The molecule has 0 unspecified atom stereocenters. The van der Waals surface area contributed by atoms with Gasteiger partial charge in [-0.05, 0) is 18.8 Å². The van der Waals surface area contributed by atoms with Crippen LogP contribution in [-0.2, 0) is 9.59 Å². The third-order valence-electron chi connectivity index (χ3n) is 3.93. The van der Waals surface area contributed by atoms with Gasteiger partial charge in [0.15, 0.2) is 0 Å². The van der Waals surface area contributed by atoms with E-state index in [1.54, 1.807) is 0 Å². The molecule has 0 aromatic heterocycles. The van der Waals surface area contributed by atoms with Gasteiger partial charge in [-0.3, -0.25) is 9.59 Å². The number of amides is 2. The van der Waals surface area contributed by atoms with Crippen molar-refractivity contribution in [3.05, 3.63) is 0 Å². The quantitative estimate of drug-likeness (QED) is 0.807. The Balaban J connectivity index is 0.00000200. The highest BCUT2D eigenvalue weighted by Crippen LogP contribution is 2.14. The van der Waals surface area contributed by atoms with Crippen LogP contribution < -0.4 is 10.6 Å². The number of nitrogens with zero attached hydrogens (tertiary/aromatic N) is 1.